The van der Waals surface area contributed by atoms with Gasteiger partial charge in [0.05, 0.1) is 6.17 Å². The summed E-state index contributed by atoms with van der Waals surface area (Å²) in [5.41, 5.74) is 14.9. The summed E-state index contributed by atoms with van der Waals surface area (Å²) >= 11 is 0. The van der Waals surface area contributed by atoms with Crippen molar-refractivity contribution in [2.45, 2.75) is 158 Å². The molecular weight excluding hydrogens is 556 g/mol. The molecule has 5 atom stereocenters. The van der Waals surface area contributed by atoms with Gasteiger partial charge in [-0.1, -0.05) is 82.6 Å². The number of nitrogens with zero attached hydrogens (tertiary/aromatic N) is 2. The van der Waals surface area contributed by atoms with Crippen LogP contribution in [0.25, 0.3) is 0 Å². The zero-order valence-corrected chi connectivity index (χ0v) is 28.1. The van der Waals surface area contributed by atoms with Gasteiger partial charge in [0, 0.05) is 43.1 Å². The summed E-state index contributed by atoms with van der Waals surface area (Å²) < 4.78 is 0. The molecule has 4 N–H and O–H groups in total. The lowest BCUT2D eigenvalue weighted by Crippen LogP contribution is -2.62. The highest BCUT2D eigenvalue weighted by Gasteiger charge is 2.72. The highest BCUT2D eigenvalue weighted by atomic mass is 16.2. The summed E-state index contributed by atoms with van der Waals surface area (Å²) in [5.74, 6) is 2.66. The topological polar surface area (TPSA) is 71.7 Å². The molecule has 1 spiro atoms. The van der Waals surface area contributed by atoms with E-state index < -0.39 is 0 Å². The third kappa shape index (κ3) is 5.31. The molecule has 4 aliphatic carbocycles. The number of hydrazine groups is 3. The molecule has 7 aliphatic rings. The standard InChI is InChI=1S/C38H60N6O/c1-2-34(45)43-23-21-36(22-24-43)27-37(36,35-40-42-44(41-35)33-14-7-8-15-33)30-18-16-28(17-19-30)29-25-32-13-9-10-20-38(32,39-26-29)31-11-5-3-4-6-12-31/h16-19,29,31-33,35,39-42H,2-15,20-27H2,1H3/t29?,32?,35?,37-,38?/m1/s1. The van der Waals surface area contributed by atoms with E-state index in [1.807, 2.05) is 6.92 Å². The van der Waals surface area contributed by atoms with Gasteiger partial charge in [-0.2, -0.15) is 10.7 Å². The van der Waals surface area contributed by atoms with Crippen molar-refractivity contribution in [1.29, 1.82) is 0 Å². The van der Waals surface area contributed by atoms with Crippen LogP contribution in [0.4, 0.5) is 0 Å². The number of fused-ring (bicyclic) bond motifs is 1. The number of amides is 1. The summed E-state index contributed by atoms with van der Waals surface area (Å²) in [7, 11) is 0. The molecule has 0 radical (unpaired) electrons. The number of nitrogens with one attached hydrogen (secondary N) is 4. The van der Waals surface area contributed by atoms with E-state index in [1.165, 1.54) is 114 Å². The molecule has 7 heteroatoms. The van der Waals surface area contributed by atoms with Gasteiger partial charge in [-0.15, -0.1) is 0 Å². The first-order chi connectivity index (χ1) is 22.1. The lowest BCUT2D eigenvalue weighted by atomic mass is 9.59. The van der Waals surface area contributed by atoms with Crippen LogP contribution < -0.4 is 21.7 Å². The zero-order chi connectivity index (χ0) is 30.5. The van der Waals surface area contributed by atoms with Crippen LogP contribution in [-0.4, -0.2) is 53.3 Å². The molecule has 1 amide bonds. The first kappa shape index (κ1) is 30.8. The number of hydrogen-bond acceptors (Lipinski definition) is 6. The van der Waals surface area contributed by atoms with Crippen molar-refractivity contribution >= 4 is 5.91 Å². The molecule has 0 bridgehead atoms. The van der Waals surface area contributed by atoms with E-state index in [1.54, 1.807) is 0 Å². The van der Waals surface area contributed by atoms with E-state index in [2.05, 4.69) is 56.0 Å². The Hall–Kier alpha value is -1.51. The van der Waals surface area contributed by atoms with Gasteiger partial charge in [0.25, 0.3) is 0 Å². The Labute approximate surface area is 272 Å². The van der Waals surface area contributed by atoms with Crippen LogP contribution in [0.5, 0.6) is 0 Å². The molecule has 1 aromatic carbocycles. The molecule has 0 aromatic heterocycles. The number of benzene rings is 1. The van der Waals surface area contributed by atoms with Crippen LogP contribution in [0, 0.1) is 17.3 Å². The molecule has 8 rings (SSSR count). The average Bonchev–Trinajstić information content (AvgIpc) is 3.35. The van der Waals surface area contributed by atoms with Crippen LogP contribution in [0.3, 0.4) is 0 Å². The van der Waals surface area contributed by atoms with Crippen molar-refractivity contribution in [2.75, 3.05) is 19.6 Å². The van der Waals surface area contributed by atoms with E-state index >= 15 is 0 Å². The number of carbonyl (C=O) groups is 1. The fraction of sp³-hybridized carbons (Fsp3) is 0.816. The number of likely N-dealkylation sites (tertiary alicyclic amines) is 1. The van der Waals surface area contributed by atoms with Gasteiger partial charge in [-0.05, 0) is 98.5 Å². The minimum Gasteiger partial charge on any atom is -0.343 e. The second kappa shape index (κ2) is 12.5. The Balaban J connectivity index is 1.01. The van der Waals surface area contributed by atoms with Gasteiger partial charge in [0.1, 0.15) is 0 Å². The Morgan fingerprint density at radius 1 is 0.844 bits per heavy atom. The largest absolute Gasteiger partial charge is 0.343 e. The third-order valence-corrected chi connectivity index (χ3v) is 14.4. The van der Waals surface area contributed by atoms with Crippen molar-refractivity contribution in [2.24, 2.45) is 17.3 Å². The second-order valence-corrected chi connectivity index (χ2v) is 16.4. The normalized spacial score (nSPS) is 37.9. The number of piperidine rings is 2. The van der Waals surface area contributed by atoms with Crippen LogP contribution in [0.2, 0.25) is 0 Å². The molecule has 3 saturated heterocycles. The monoisotopic (exact) mass is 616 g/mol. The van der Waals surface area contributed by atoms with E-state index in [9.17, 15) is 4.79 Å². The fourth-order valence-electron chi connectivity index (χ4n) is 11.8. The predicted octanol–water partition coefficient (Wildman–Crippen LogP) is 6.42. The second-order valence-electron chi connectivity index (χ2n) is 16.4. The minimum atomic E-state index is 0.0378. The zero-order valence-electron chi connectivity index (χ0n) is 28.1. The molecule has 45 heavy (non-hydrogen) atoms. The lowest BCUT2D eigenvalue weighted by molar-refractivity contribution is -0.132. The third-order valence-electron chi connectivity index (χ3n) is 14.4. The smallest absolute Gasteiger partial charge is 0.222 e. The van der Waals surface area contributed by atoms with Crippen LogP contribution >= 0.6 is 0 Å². The predicted molar refractivity (Wildman–Crippen MR) is 180 cm³/mol. The molecule has 4 saturated carbocycles. The van der Waals surface area contributed by atoms with Crippen molar-refractivity contribution in [1.82, 2.24) is 31.7 Å². The van der Waals surface area contributed by atoms with Crippen LogP contribution in [0.1, 0.15) is 146 Å². The molecule has 4 unspecified atom stereocenters. The number of carbonyl (C=O) groups excluding carboxylic acids is 1. The Kier molecular flexibility index (Phi) is 8.56. The van der Waals surface area contributed by atoms with E-state index in [4.69, 9.17) is 0 Å². The van der Waals surface area contributed by atoms with E-state index in [0.29, 0.717) is 29.8 Å². The Bertz CT molecular complexity index is 1180. The number of rotatable bonds is 6. The van der Waals surface area contributed by atoms with E-state index in [0.717, 1.165) is 44.3 Å². The SMILES string of the molecule is CCC(=O)N1CCC2(CC1)C[C@@]2(c1ccc(C2CNC3(C4CCCCCC4)CCCCC3C2)cc1)C1NNN(C2CCCC2)N1. The van der Waals surface area contributed by atoms with Gasteiger partial charge >= 0.3 is 0 Å². The van der Waals surface area contributed by atoms with Gasteiger partial charge in [-0.25, -0.2) is 10.9 Å². The van der Waals surface area contributed by atoms with Gasteiger partial charge in [0.2, 0.25) is 5.91 Å². The summed E-state index contributed by atoms with van der Waals surface area (Å²) in [4.78, 5) is 14.7. The Morgan fingerprint density at radius 3 is 2.27 bits per heavy atom. The minimum absolute atomic E-state index is 0.0378. The molecule has 1 aromatic rings. The first-order valence-corrected chi connectivity index (χ1v) is 19.3. The molecule has 7 nitrogen and oxygen atoms in total. The van der Waals surface area contributed by atoms with E-state index in [-0.39, 0.29) is 17.0 Å². The average molecular weight is 617 g/mol. The molecule has 7 fully saturated rings. The fourth-order valence-corrected chi connectivity index (χ4v) is 11.8. The highest BCUT2D eigenvalue weighted by molar-refractivity contribution is 5.76. The summed E-state index contributed by atoms with van der Waals surface area (Å²) in [5, 5.41) is 6.60. The van der Waals surface area contributed by atoms with Gasteiger partial charge in [0.15, 0.2) is 0 Å². The van der Waals surface area contributed by atoms with Crippen molar-refractivity contribution < 1.29 is 4.79 Å². The van der Waals surface area contributed by atoms with Crippen molar-refractivity contribution in [3.05, 3.63) is 35.4 Å². The number of hydrogen-bond donors (Lipinski definition) is 4. The van der Waals surface area contributed by atoms with Crippen molar-refractivity contribution in [3.63, 3.8) is 0 Å². The van der Waals surface area contributed by atoms with Crippen molar-refractivity contribution in [3.8, 4) is 0 Å². The maximum Gasteiger partial charge on any atom is 0.222 e. The highest BCUT2D eigenvalue weighted by Crippen LogP contribution is 2.71. The summed E-state index contributed by atoms with van der Waals surface area (Å²) in [6.45, 7) is 4.95. The molecule has 248 valence electrons. The molecular formula is C38H60N6O. The van der Waals surface area contributed by atoms with Crippen LogP contribution in [0.15, 0.2) is 24.3 Å². The maximum absolute atomic E-state index is 12.6. The van der Waals surface area contributed by atoms with Gasteiger partial charge in [-0.3, -0.25) is 4.79 Å². The maximum atomic E-state index is 12.6. The molecule has 3 heterocycles. The Morgan fingerprint density at radius 2 is 1.53 bits per heavy atom. The van der Waals surface area contributed by atoms with Gasteiger partial charge < -0.3 is 10.2 Å². The molecule has 3 aliphatic heterocycles. The summed E-state index contributed by atoms with van der Waals surface area (Å²) in [6.07, 6.45) is 25.1. The lowest BCUT2D eigenvalue weighted by Gasteiger charge is -2.55. The quantitative estimate of drug-likeness (QED) is 0.277. The van der Waals surface area contributed by atoms with Crippen LogP contribution in [-0.2, 0) is 10.2 Å². The first-order valence-electron chi connectivity index (χ1n) is 19.3. The summed E-state index contributed by atoms with van der Waals surface area (Å²) in [6, 6.07) is 10.6.